The molecule has 0 aliphatic rings. The van der Waals surface area contributed by atoms with Crippen LogP contribution in [0.15, 0.2) is 42.6 Å². The lowest BCUT2D eigenvalue weighted by Gasteiger charge is -2.05. The van der Waals surface area contributed by atoms with Gasteiger partial charge in [-0.2, -0.15) is 0 Å². The maximum absolute atomic E-state index is 9.06. The maximum atomic E-state index is 9.06. The number of aliphatic hydroxyl groups excluding tert-OH is 1. The summed E-state index contributed by atoms with van der Waals surface area (Å²) in [6, 6.07) is 11.8. The number of aliphatic hydroxyl groups is 1. The number of aryl methyl sites for hydroxylation is 1. The molecule has 0 saturated heterocycles. The minimum atomic E-state index is 0.0916. The Balaban J connectivity index is 2.43. The Hall–Kier alpha value is -1.67. The van der Waals surface area contributed by atoms with Crippen molar-refractivity contribution in [2.24, 2.45) is 0 Å². The number of pyridine rings is 1. The van der Waals surface area contributed by atoms with E-state index in [1.807, 2.05) is 43.3 Å². The van der Waals surface area contributed by atoms with Gasteiger partial charge in [0.1, 0.15) is 0 Å². The van der Waals surface area contributed by atoms with Crippen molar-refractivity contribution in [3.8, 4) is 11.3 Å². The van der Waals surface area contributed by atoms with Crippen LogP contribution in [0, 0.1) is 6.92 Å². The highest BCUT2D eigenvalue weighted by atomic mass is 16.3. The van der Waals surface area contributed by atoms with Gasteiger partial charge in [-0.3, -0.25) is 4.98 Å². The van der Waals surface area contributed by atoms with Crippen LogP contribution >= 0.6 is 0 Å². The van der Waals surface area contributed by atoms with Crippen molar-refractivity contribution in [1.29, 1.82) is 0 Å². The fraction of sp³-hybridized carbons (Fsp3) is 0.154. The summed E-state index contributed by atoms with van der Waals surface area (Å²) in [4.78, 5) is 4.28. The Morgan fingerprint density at radius 3 is 2.67 bits per heavy atom. The quantitative estimate of drug-likeness (QED) is 0.806. The van der Waals surface area contributed by atoms with Crippen molar-refractivity contribution in [1.82, 2.24) is 4.98 Å². The third kappa shape index (κ3) is 2.05. The molecule has 0 unspecified atom stereocenters. The number of hydrogen-bond donors (Lipinski definition) is 1. The van der Waals surface area contributed by atoms with E-state index >= 15 is 0 Å². The molecule has 2 rings (SSSR count). The van der Waals surface area contributed by atoms with Crippen LogP contribution in [0.2, 0.25) is 0 Å². The molecule has 15 heavy (non-hydrogen) atoms. The molecule has 0 atom stereocenters. The SMILES string of the molecule is Cc1cc(-c2ccccn2)ccc1CO. The van der Waals surface area contributed by atoms with Crippen LogP contribution in [0.3, 0.4) is 0 Å². The number of hydrogen-bond acceptors (Lipinski definition) is 2. The predicted octanol–water partition coefficient (Wildman–Crippen LogP) is 2.55. The van der Waals surface area contributed by atoms with E-state index in [0.717, 1.165) is 22.4 Å². The van der Waals surface area contributed by atoms with Gasteiger partial charge in [-0.1, -0.05) is 18.2 Å². The highest BCUT2D eigenvalue weighted by Crippen LogP contribution is 2.19. The first-order valence-electron chi connectivity index (χ1n) is 4.93. The molecule has 1 aromatic heterocycles. The van der Waals surface area contributed by atoms with E-state index in [-0.39, 0.29) is 6.61 Å². The monoisotopic (exact) mass is 199 g/mol. The van der Waals surface area contributed by atoms with Crippen LogP contribution in [-0.2, 0) is 6.61 Å². The van der Waals surface area contributed by atoms with E-state index < -0.39 is 0 Å². The molecule has 76 valence electrons. The summed E-state index contributed by atoms with van der Waals surface area (Å²) in [5.41, 5.74) is 4.12. The molecule has 0 radical (unpaired) electrons. The number of aromatic nitrogens is 1. The van der Waals surface area contributed by atoms with Gasteiger partial charge >= 0.3 is 0 Å². The molecule has 2 heteroatoms. The highest BCUT2D eigenvalue weighted by Gasteiger charge is 2.01. The van der Waals surface area contributed by atoms with E-state index in [1.54, 1.807) is 6.20 Å². The lowest BCUT2D eigenvalue weighted by atomic mass is 10.0. The molecule has 0 aliphatic heterocycles. The van der Waals surface area contributed by atoms with Crippen molar-refractivity contribution in [3.63, 3.8) is 0 Å². The van der Waals surface area contributed by atoms with Crippen molar-refractivity contribution >= 4 is 0 Å². The number of nitrogens with zero attached hydrogens (tertiary/aromatic N) is 1. The molecular weight excluding hydrogens is 186 g/mol. The van der Waals surface area contributed by atoms with Gasteiger partial charge in [0, 0.05) is 11.8 Å². The first-order chi connectivity index (χ1) is 7.31. The summed E-state index contributed by atoms with van der Waals surface area (Å²) in [5, 5.41) is 9.06. The average molecular weight is 199 g/mol. The fourth-order valence-electron chi connectivity index (χ4n) is 1.57. The van der Waals surface area contributed by atoms with Crippen LogP contribution in [0.4, 0.5) is 0 Å². The molecule has 0 bridgehead atoms. The van der Waals surface area contributed by atoms with Crippen LogP contribution in [0.25, 0.3) is 11.3 Å². The third-order valence-electron chi connectivity index (χ3n) is 2.47. The minimum absolute atomic E-state index is 0.0916. The Morgan fingerprint density at radius 2 is 2.07 bits per heavy atom. The van der Waals surface area contributed by atoms with E-state index in [1.165, 1.54) is 0 Å². The second kappa shape index (κ2) is 4.24. The molecule has 0 amide bonds. The van der Waals surface area contributed by atoms with Gasteiger partial charge in [0.05, 0.1) is 12.3 Å². The van der Waals surface area contributed by atoms with Crippen LogP contribution < -0.4 is 0 Å². The zero-order chi connectivity index (χ0) is 10.7. The normalized spacial score (nSPS) is 10.3. The van der Waals surface area contributed by atoms with E-state index in [2.05, 4.69) is 4.98 Å². The molecule has 1 N–H and O–H groups in total. The van der Waals surface area contributed by atoms with Gasteiger partial charge < -0.3 is 5.11 Å². The largest absolute Gasteiger partial charge is 0.392 e. The van der Waals surface area contributed by atoms with Gasteiger partial charge in [-0.25, -0.2) is 0 Å². The summed E-state index contributed by atoms with van der Waals surface area (Å²) in [7, 11) is 0. The van der Waals surface area contributed by atoms with E-state index in [4.69, 9.17) is 5.11 Å². The summed E-state index contributed by atoms with van der Waals surface area (Å²) < 4.78 is 0. The lowest BCUT2D eigenvalue weighted by molar-refractivity contribution is 0.281. The molecule has 1 aromatic carbocycles. The van der Waals surface area contributed by atoms with Crippen LogP contribution in [-0.4, -0.2) is 10.1 Å². The summed E-state index contributed by atoms with van der Waals surface area (Å²) in [6.07, 6.45) is 1.78. The van der Waals surface area contributed by atoms with E-state index in [0.29, 0.717) is 0 Å². The zero-order valence-corrected chi connectivity index (χ0v) is 8.64. The molecule has 2 nitrogen and oxygen atoms in total. The van der Waals surface area contributed by atoms with E-state index in [9.17, 15) is 0 Å². The highest BCUT2D eigenvalue weighted by molar-refractivity contribution is 5.60. The van der Waals surface area contributed by atoms with Crippen LogP contribution in [0.1, 0.15) is 11.1 Å². The fourth-order valence-corrected chi connectivity index (χ4v) is 1.57. The molecule has 0 fully saturated rings. The minimum Gasteiger partial charge on any atom is -0.392 e. The van der Waals surface area contributed by atoms with Gasteiger partial charge in [0.25, 0.3) is 0 Å². The molecular formula is C13H13NO. The summed E-state index contributed by atoms with van der Waals surface area (Å²) >= 11 is 0. The second-order valence-electron chi connectivity index (χ2n) is 3.51. The van der Waals surface area contributed by atoms with Gasteiger partial charge in [0.15, 0.2) is 0 Å². The average Bonchev–Trinajstić information content (AvgIpc) is 2.30. The van der Waals surface area contributed by atoms with Crippen molar-refractivity contribution in [2.75, 3.05) is 0 Å². The molecule has 2 aromatic rings. The van der Waals surface area contributed by atoms with Crippen molar-refractivity contribution < 1.29 is 5.11 Å². The van der Waals surface area contributed by atoms with Crippen LogP contribution in [0.5, 0.6) is 0 Å². The van der Waals surface area contributed by atoms with Gasteiger partial charge in [-0.15, -0.1) is 0 Å². The molecule has 0 aliphatic carbocycles. The Morgan fingerprint density at radius 1 is 1.20 bits per heavy atom. The zero-order valence-electron chi connectivity index (χ0n) is 8.64. The van der Waals surface area contributed by atoms with Crippen molar-refractivity contribution in [2.45, 2.75) is 13.5 Å². The third-order valence-corrected chi connectivity index (χ3v) is 2.47. The topological polar surface area (TPSA) is 33.1 Å². The van der Waals surface area contributed by atoms with Gasteiger partial charge in [-0.05, 0) is 36.2 Å². The molecule has 0 saturated carbocycles. The Kier molecular flexibility index (Phi) is 2.79. The number of benzene rings is 1. The Labute approximate surface area is 89.2 Å². The van der Waals surface area contributed by atoms with Crippen molar-refractivity contribution in [3.05, 3.63) is 53.7 Å². The summed E-state index contributed by atoms with van der Waals surface area (Å²) in [5.74, 6) is 0. The maximum Gasteiger partial charge on any atom is 0.0702 e. The number of rotatable bonds is 2. The Bertz CT molecular complexity index is 451. The second-order valence-corrected chi connectivity index (χ2v) is 3.51. The standard InChI is InChI=1S/C13H13NO/c1-10-8-11(5-6-12(10)9-15)13-4-2-3-7-14-13/h2-8,15H,9H2,1H3. The van der Waals surface area contributed by atoms with Gasteiger partial charge in [0.2, 0.25) is 0 Å². The first kappa shape index (κ1) is 9.87. The first-order valence-corrected chi connectivity index (χ1v) is 4.93. The lowest BCUT2D eigenvalue weighted by Crippen LogP contribution is -1.90. The molecule has 0 spiro atoms. The summed E-state index contributed by atoms with van der Waals surface area (Å²) in [6.45, 7) is 2.09. The predicted molar refractivity (Wildman–Crippen MR) is 60.3 cm³/mol. The molecule has 1 heterocycles. The smallest absolute Gasteiger partial charge is 0.0702 e.